The SMILES string of the molecule is O=C(COc1ccc(Cl)cc1)n1nc(NCc2ccc(F)cc2)nc1NCc1ccc(F)cc1. The van der Waals surface area contributed by atoms with Crippen molar-refractivity contribution in [1.82, 2.24) is 14.8 Å². The average Bonchev–Trinajstić information content (AvgIpc) is 3.26. The minimum Gasteiger partial charge on any atom is -0.484 e. The number of aromatic nitrogens is 3. The lowest BCUT2D eigenvalue weighted by molar-refractivity contribution is 0.0824. The second-order valence-electron chi connectivity index (χ2n) is 7.27. The van der Waals surface area contributed by atoms with Crippen LogP contribution in [0.5, 0.6) is 5.75 Å². The Morgan fingerprint density at radius 1 is 0.853 bits per heavy atom. The van der Waals surface area contributed by atoms with Crippen LogP contribution >= 0.6 is 11.6 Å². The summed E-state index contributed by atoms with van der Waals surface area (Å²) in [6, 6.07) is 18.6. The highest BCUT2D eigenvalue weighted by molar-refractivity contribution is 6.30. The van der Waals surface area contributed by atoms with Crippen LogP contribution in [0.2, 0.25) is 5.02 Å². The summed E-state index contributed by atoms with van der Waals surface area (Å²) in [6.45, 7) is 0.340. The molecular weight excluding hydrogens is 464 g/mol. The number of anilines is 2. The average molecular weight is 484 g/mol. The van der Waals surface area contributed by atoms with Crippen molar-refractivity contribution in [2.45, 2.75) is 13.1 Å². The maximum atomic E-state index is 13.2. The first-order valence-corrected chi connectivity index (χ1v) is 10.7. The largest absolute Gasteiger partial charge is 0.484 e. The highest BCUT2D eigenvalue weighted by atomic mass is 35.5. The summed E-state index contributed by atoms with van der Waals surface area (Å²) >= 11 is 5.87. The molecule has 0 fully saturated rings. The van der Waals surface area contributed by atoms with Gasteiger partial charge in [0.25, 0.3) is 5.91 Å². The van der Waals surface area contributed by atoms with E-state index in [1.807, 2.05) is 0 Å². The van der Waals surface area contributed by atoms with E-state index in [4.69, 9.17) is 16.3 Å². The third-order valence-corrected chi connectivity index (χ3v) is 5.00. The molecule has 174 valence electrons. The Kier molecular flexibility index (Phi) is 7.34. The summed E-state index contributed by atoms with van der Waals surface area (Å²) in [5, 5.41) is 10.9. The van der Waals surface area contributed by atoms with Gasteiger partial charge in [0.2, 0.25) is 11.9 Å². The minimum atomic E-state index is -0.459. The lowest BCUT2D eigenvalue weighted by Gasteiger charge is -2.08. The Labute approximate surface area is 199 Å². The first kappa shape index (κ1) is 23.2. The van der Waals surface area contributed by atoms with Crippen LogP contribution in [0.15, 0.2) is 72.8 Å². The molecule has 0 amide bonds. The molecule has 0 saturated carbocycles. The summed E-state index contributed by atoms with van der Waals surface area (Å²) in [5.74, 6) is -0.257. The number of nitrogens with zero attached hydrogens (tertiary/aromatic N) is 3. The van der Waals surface area contributed by atoms with E-state index in [-0.39, 0.29) is 30.1 Å². The summed E-state index contributed by atoms with van der Waals surface area (Å²) in [7, 11) is 0. The van der Waals surface area contributed by atoms with Gasteiger partial charge in [-0.15, -0.1) is 5.10 Å². The van der Waals surface area contributed by atoms with Gasteiger partial charge in [0.1, 0.15) is 17.4 Å². The molecule has 0 unspecified atom stereocenters. The monoisotopic (exact) mass is 483 g/mol. The van der Waals surface area contributed by atoms with Gasteiger partial charge in [-0.1, -0.05) is 35.9 Å². The lowest BCUT2D eigenvalue weighted by Crippen LogP contribution is -2.22. The molecule has 0 atom stereocenters. The van der Waals surface area contributed by atoms with E-state index in [2.05, 4.69) is 20.7 Å². The maximum absolute atomic E-state index is 13.2. The van der Waals surface area contributed by atoms with Crippen molar-refractivity contribution in [3.05, 3.63) is 101 Å². The second kappa shape index (κ2) is 10.8. The van der Waals surface area contributed by atoms with Gasteiger partial charge in [0.15, 0.2) is 6.61 Å². The minimum absolute atomic E-state index is 0.190. The van der Waals surface area contributed by atoms with Crippen molar-refractivity contribution >= 4 is 29.4 Å². The third kappa shape index (κ3) is 6.29. The zero-order valence-corrected chi connectivity index (χ0v) is 18.6. The Morgan fingerprint density at radius 2 is 1.41 bits per heavy atom. The number of carbonyl (C=O) groups excluding carboxylic acids is 1. The van der Waals surface area contributed by atoms with Crippen LogP contribution in [0.25, 0.3) is 0 Å². The van der Waals surface area contributed by atoms with Crippen molar-refractivity contribution in [3.63, 3.8) is 0 Å². The number of hydrogen-bond acceptors (Lipinski definition) is 6. The van der Waals surface area contributed by atoms with E-state index in [9.17, 15) is 13.6 Å². The Hall–Kier alpha value is -3.98. The van der Waals surface area contributed by atoms with Gasteiger partial charge >= 0.3 is 0 Å². The van der Waals surface area contributed by atoms with E-state index < -0.39 is 5.91 Å². The summed E-state index contributed by atoms with van der Waals surface area (Å²) in [6.07, 6.45) is 0. The molecule has 4 rings (SSSR count). The Morgan fingerprint density at radius 3 is 2.00 bits per heavy atom. The van der Waals surface area contributed by atoms with E-state index in [0.29, 0.717) is 23.9 Å². The molecule has 1 aromatic heterocycles. The van der Waals surface area contributed by atoms with Gasteiger partial charge in [-0.25, -0.2) is 8.78 Å². The fourth-order valence-electron chi connectivity index (χ4n) is 2.98. The molecule has 0 bridgehead atoms. The van der Waals surface area contributed by atoms with Crippen LogP contribution in [0.1, 0.15) is 15.9 Å². The molecule has 34 heavy (non-hydrogen) atoms. The molecule has 0 aliphatic rings. The van der Waals surface area contributed by atoms with Crippen molar-refractivity contribution in [2.24, 2.45) is 0 Å². The van der Waals surface area contributed by atoms with Crippen LogP contribution in [0.3, 0.4) is 0 Å². The van der Waals surface area contributed by atoms with Crippen molar-refractivity contribution < 1.29 is 18.3 Å². The van der Waals surface area contributed by atoms with E-state index in [1.54, 1.807) is 48.5 Å². The summed E-state index contributed by atoms with van der Waals surface area (Å²) < 4.78 is 32.9. The molecule has 4 aromatic rings. The van der Waals surface area contributed by atoms with Gasteiger partial charge in [0, 0.05) is 18.1 Å². The van der Waals surface area contributed by atoms with Gasteiger partial charge in [-0.3, -0.25) is 4.79 Å². The van der Waals surface area contributed by atoms with Crippen LogP contribution in [0, 0.1) is 11.6 Å². The summed E-state index contributed by atoms with van der Waals surface area (Å²) in [5.41, 5.74) is 1.61. The second-order valence-corrected chi connectivity index (χ2v) is 7.70. The molecular formula is C24H20ClF2N5O2. The molecule has 1 heterocycles. The summed E-state index contributed by atoms with van der Waals surface area (Å²) in [4.78, 5) is 17.2. The molecule has 2 N–H and O–H groups in total. The number of benzene rings is 3. The molecule has 3 aromatic carbocycles. The van der Waals surface area contributed by atoms with E-state index in [0.717, 1.165) is 15.8 Å². The van der Waals surface area contributed by atoms with Crippen molar-refractivity contribution in [3.8, 4) is 5.75 Å². The highest BCUT2D eigenvalue weighted by Gasteiger charge is 2.17. The standard InChI is InChI=1S/C24H20ClF2N5O2/c25-18-5-11-21(12-6-18)34-15-22(33)32-24(29-14-17-3-9-20(27)10-4-17)30-23(31-32)28-13-16-1-7-19(26)8-2-16/h1-12H,13-15H2,(H2,28,29,30,31). The first-order chi connectivity index (χ1) is 16.5. The van der Waals surface area contributed by atoms with Crippen LogP contribution < -0.4 is 15.4 Å². The van der Waals surface area contributed by atoms with Crippen LogP contribution in [-0.4, -0.2) is 27.3 Å². The van der Waals surface area contributed by atoms with Gasteiger partial charge < -0.3 is 15.4 Å². The number of rotatable bonds is 9. The third-order valence-electron chi connectivity index (χ3n) is 4.75. The number of carbonyl (C=O) groups is 1. The quantitative estimate of drug-likeness (QED) is 0.342. The Balaban J connectivity index is 1.47. The molecule has 0 aliphatic carbocycles. The molecule has 10 heteroatoms. The first-order valence-electron chi connectivity index (χ1n) is 10.3. The van der Waals surface area contributed by atoms with Gasteiger partial charge in [0.05, 0.1) is 0 Å². The normalized spacial score (nSPS) is 10.7. The van der Waals surface area contributed by atoms with Crippen molar-refractivity contribution in [2.75, 3.05) is 17.2 Å². The van der Waals surface area contributed by atoms with Gasteiger partial charge in [-0.05, 0) is 59.7 Å². The van der Waals surface area contributed by atoms with Crippen molar-refractivity contribution in [1.29, 1.82) is 0 Å². The topological polar surface area (TPSA) is 81.1 Å². The molecule has 0 radical (unpaired) electrons. The van der Waals surface area contributed by atoms with Gasteiger partial charge in [-0.2, -0.15) is 9.67 Å². The number of ether oxygens (including phenoxy) is 1. The van der Waals surface area contributed by atoms with Crippen LogP contribution in [-0.2, 0) is 13.1 Å². The van der Waals surface area contributed by atoms with Crippen LogP contribution in [0.4, 0.5) is 20.7 Å². The fraction of sp³-hybridized carbons (Fsp3) is 0.125. The molecule has 0 aliphatic heterocycles. The zero-order valence-electron chi connectivity index (χ0n) is 17.8. The molecule has 7 nitrogen and oxygen atoms in total. The smallest absolute Gasteiger partial charge is 0.288 e. The van der Waals surface area contributed by atoms with E-state index >= 15 is 0 Å². The zero-order chi connectivity index (χ0) is 23.9. The fourth-order valence-corrected chi connectivity index (χ4v) is 3.11. The number of hydrogen-bond donors (Lipinski definition) is 2. The maximum Gasteiger partial charge on any atom is 0.288 e. The molecule has 0 spiro atoms. The number of nitrogens with one attached hydrogen (secondary N) is 2. The predicted molar refractivity (Wildman–Crippen MR) is 125 cm³/mol. The predicted octanol–water partition coefficient (Wildman–Crippen LogP) is 5.15. The highest BCUT2D eigenvalue weighted by Crippen LogP contribution is 2.17. The molecule has 0 saturated heterocycles. The Bertz CT molecular complexity index is 1250. The number of halogens is 3. The van der Waals surface area contributed by atoms with E-state index in [1.165, 1.54) is 24.3 Å². The lowest BCUT2D eigenvalue weighted by atomic mass is 10.2.